The van der Waals surface area contributed by atoms with E-state index in [4.69, 9.17) is 4.74 Å². The summed E-state index contributed by atoms with van der Waals surface area (Å²) >= 11 is 0. The van der Waals surface area contributed by atoms with Crippen molar-refractivity contribution in [1.29, 1.82) is 0 Å². The molecule has 0 radical (unpaired) electrons. The minimum Gasteiger partial charge on any atom is -0.497 e. The van der Waals surface area contributed by atoms with Crippen molar-refractivity contribution in [2.24, 2.45) is 0 Å². The van der Waals surface area contributed by atoms with Crippen LogP contribution in [0.1, 0.15) is 18.9 Å². The number of rotatable bonds is 6. The predicted octanol–water partition coefficient (Wildman–Crippen LogP) is 4.03. The smallest absolute Gasteiger partial charge is 0.258 e. The Kier molecular flexibility index (Phi) is 4.85. The molecule has 0 unspecified atom stereocenters. The highest BCUT2D eigenvalue weighted by Crippen LogP contribution is 2.22. The number of fused-ring (bicyclic) bond motifs is 1. The fourth-order valence-electron chi connectivity index (χ4n) is 2.87. The Morgan fingerprint density at radius 3 is 2.71 bits per heavy atom. The average molecular weight is 322 g/mol. The zero-order valence-corrected chi connectivity index (χ0v) is 14.1. The molecule has 4 heteroatoms. The lowest BCUT2D eigenvalue weighted by molar-refractivity contribution is 0.414. The zero-order valence-electron chi connectivity index (χ0n) is 14.1. The van der Waals surface area contributed by atoms with Crippen LogP contribution < -0.4 is 15.6 Å². The third kappa shape index (κ3) is 3.27. The zero-order chi connectivity index (χ0) is 16.9. The van der Waals surface area contributed by atoms with Crippen molar-refractivity contribution in [3.8, 4) is 5.75 Å². The second-order valence-corrected chi connectivity index (χ2v) is 5.79. The molecule has 0 aliphatic rings. The average Bonchev–Trinajstić information content (AvgIpc) is 2.62. The number of ether oxygens (including phenoxy) is 1. The van der Waals surface area contributed by atoms with Crippen LogP contribution in [0, 0.1) is 0 Å². The standard InChI is InChI=1S/C20H22N2O2/c1-3-11-22-12-10-17-18(20(22)23)8-5-9-19(17)21-14-15-6-4-7-16(13-15)24-2/h4-10,12-13,21H,3,11,14H2,1-2H3. The third-order valence-electron chi connectivity index (χ3n) is 4.10. The van der Waals surface area contributed by atoms with Gasteiger partial charge in [-0.05, 0) is 42.3 Å². The fourth-order valence-corrected chi connectivity index (χ4v) is 2.87. The summed E-state index contributed by atoms with van der Waals surface area (Å²) in [6.45, 7) is 3.49. The largest absolute Gasteiger partial charge is 0.497 e. The molecule has 0 amide bonds. The molecule has 0 saturated heterocycles. The van der Waals surface area contributed by atoms with Crippen LogP contribution in [-0.4, -0.2) is 11.7 Å². The van der Waals surface area contributed by atoms with E-state index >= 15 is 0 Å². The van der Waals surface area contributed by atoms with Gasteiger partial charge in [-0.15, -0.1) is 0 Å². The van der Waals surface area contributed by atoms with Gasteiger partial charge in [0.15, 0.2) is 0 Å². The van der Waals surface area contributed by atoms with Gasteiger partial charge in [-0.3, -0.25) is 4.79 Å². The lowest BCUT2D eigenvalue weighted by Gasteiger charge is -2.12. The lowest BCUT2D eigenvalue weighted by atomic mass is 10.1. The predicted molar refractivity (Wildman–Crippen MR) is 98.8 cm³/mol. The second-order valence-electron chi connectivity index (χ2n) is 5.79. The number of nitrogens with one attached hydrogen (secondary N) is 1. The molecule has 0 aliphatic heterocycles. The summed E-state index contributed by atoms with van der Waals surface area (Å²) in [5, 5.41) is 5.14. The number of benzene rings is 2. The number of pyridine rings is 1. The summed E-state index contributed by atoms with van der Waals surface area (Å²) in [4.78, 5) is 12.5. The van der Waals surface area contributed by atoms with Gasteiger partial charge in [-0.1, -0.05) is 25.1 Å². The summed E-state index contributed by atoms with van der Waals surface area (Å²) in [6, 6.07) is 15.8. The first-order valence-electron chi connectivity index (χ1n) is 8.22. The van der Waals surface area contributed by atoms with Gasteiger partial charge in [0.05, 0.1) is 7.11 Å². The number of hydrogen-bond acceptors (Lipinski definition) is 3. The van der Waals surface area contributed by atoms with Crippen molar-refractivity contribution < 1.29 is 4.74 Å². The number of anilines is 1. The number of aromatic nitrogens is 1. The highest BCUT2D eigenvalue weighted by Gasteiger charge is 2.06. The van der Waals surface area contributed by atoms with Gasteiger partial charge in [-0.25, -0.2) is 0 Å². The van der Waals surface area contributed by atoms with Gasteiger partial charge in [0, 0.05) is 35.7 Å². The summed E-state index contributed by atoms with van der Waals surface area (Å²) in [5.74, 6) is 0.842. The van der Waals surface area contributed by atoms with Crippen LogP contribution in [0.4, 0.5) is 5.69 Å². The van der Waals surface area contributed by atoms with E-state index in [9.17, 15) is 4.79 Å². The lowest BCUT2D eigenvalue weighted by Crippen LogP contribution is -2.19. The molecule has 4 nitrogen and oxygen atoms in total. The molecule has 1 heterocycles. The van der Waals surface area contributed by atoms with E-state index in [2.05, 4.69) is 18.3 Å². The summed E-state index contributed by atoms with van der Waals surface area (Å²) < 4.78 is 7.03. The Morgan fingerprint density at radius 2 is 1.92 bits per heavy atom. The minimum absolute atomic E-state index is 0.0689. The van der Waals surface area contributed by atoms with Crippen LogP contribution >= 0.6 is 0 Å². The first-order chi connectivity index (χ1) is 11.7. The van der Waals surface area contributed by atoms with Crippen molar-refractivity contribution in [3.05, 3.63) is 70.6 Å². The molecule has 0 bridgehead atoms. The van der Waals surface area contributed by atoms with Gasteiger partial charge in [0.2, 0.25) is 0 Å². The summed E-state index contributed by atoms with van der Waals surface area (Å²) in [5.41, 5.74) is 2.17. The van der Waals surface area contributed by atoms with E-state index in [0.29, 0.717) is 6.54 Å². The third-order valence-corrected chi connectivity index (χ3v) is 4.10. The Morgan fingerprint density at radius 1 is 1.08 bits per heavy atom. The molecular formula is C20H22N2O2. The summed E-state index contributed by atoms with van der Waals surface area (Å²) in [6.07, 6.45) is 2.82. The number of hydrogen-bond donors (Lipinski definition) is 1. The van der Waals surface area contributed by atoms with Crippen molar-refractivity contribution in [1.82, 2.24) is 4.57 Å². The molecule has 0 aliphatic carbocycles. The highest BCUT2D eigenvalue weighted by molar-refractivity contribution is 5.93. The monoisotopic (exact) mass is 322 g/mol. The van der Waals surface area contributed by atoms with E-state index in [1.165, 1.54) is 0 Å². The molecule has 3 aromatic rings. The number of nitrogens with zero attached hydrogens (tertiary/aromatic N) is 1. The Bertz CT molecular complexity index is 900. The van der Waals surface area contributed by atoms with Crippen LogP contribution in [0.2, 0.25) is 0 Å². The van der Waals surface area contributed by atoms with Gasteiger partial charge >= 0.3 is 0 Å². The summed E-state index contributed by atoms with van der Waals surface area (Å²) in [7, 11) is 1.67. The highest BCUT2D eigenvalue weighted by atomic mass is 16.5. The van der Waals surface area contributed by atoms with Crippen LogP contribution in [0.15, 0.2) is 59.5 Å². The maximum Gasteiger partial charge on any atom is 0.258 e. The van der Waals surface area contributed by atoms with E-state index in [1.54, 1.807) is 11.7 Å². The van der Waals surface area contributed by atoms with Gasteiger partial charge < -0.3 is 14.6 Å². The van der Waals surface area contributed by atoms with Gasteiger partial charge in [-0.2, -0.15) is 0 Å². The maximum absolute atomic E-state index is 12.5. The van der Waals surface area contributed by atoms with Crippen molar-refractivity contribution >= 4 is 16.5 Å². The van der Waals surface area contributed by atoms with Gasteiger partial charge in [0.25, 0.3) is 5.56 Å². The molecule has 0 saturated carbocycles. The topological polar surface area (TPSA) is 43.3 Å². The van der Waals surface area contributed by atoms with Crippen molar-refractivity contribution in [2.45, 2.75) is 26.4 Å². The molecule has 2 aromatic carbocycles. The SMILES string of the molecule is CCCn1ccc2c(NCc3cccc(OC)c3)cccc2c1=O. The number of methoxy groups -OCH3 is 1. The molecule has 0 atom stereocenters. The first kappa shape index (κ1) is 16.1. The Labute approximate surface area is 141 Å². The molecule has 1 aromatic heterocycles. The molecule has 0 fully saturated rings. The first-order valence-corrected chi connectivity index (χ1v) is 8.22. The van der Waals surface area contributed by atoms with Crippen molar-refractivity contribution in [2.75, 3.05) is 12.4 Å². The number of aryl methyl sites for hydroxylation is 1. The van der Waals surface area contributed by atoms with Crippen LogP contribution in [-0.2, 0) is 13.1 Å². The van der Waals surface area contributed by atoms with Gasteiger partial charge in [0.1, 0.15) is 5.75 Å². The van der Waals surface area contributed by atoms with Crippen LogP contribution in [0.25, 0.3) is 10.8 Å². The molecule has 124 valence electrons. The maximum atomic E-state index is 12.5. The van der Waals surface area contributed by atoms with E-state index < -0.39 is 0 Å². The quantitative estimate of drug-likeness (QED) is 0.745. The minimum atomic E-state index is 0.0689. The Balaban J connectivity index is 1.89. The molecule has 3 rings (SSSR count). The normalized spacial score (nSPS) is 10.8. The molecule has 1 N–H and O–H groups in total. The molecule has 0 spiro atoms. The second kappa shape index (κ2) is 7.21. The molecular weight excluding hydrogens is 300 g/mol. The van der Waals surface area contributed by atoms with E-state index in [-0.39, 0.29) is 5.56 Å². The molecule has 24 heavy (non-hydrogen) atoms. The van der Waals surface area contributed by atoms with Crippen LogP contribution in [0.5, 0.6) is 5.75 Å². The van der Waals surface area contributed by atoms with E-state index in [1.807, 2.05) is 48.7 Å². The van der Waals surface area contributed by atoms with Crippen LogP contribution in [0.3, 0.4) is 0 Å². The van der Waals surface area contributed by atoms with E-state index in [0.717, 1.165) is 40.7 Å². The fraction of sp³-hybridized carbons (Fsp3) is 0.250. The Hall–Kier alpha value is -2.75. The van der Waals surface area contributed by atoms with Crippen molar-refractivity contribution in [3.63, 3.8) is 0 Å².